The molecule has 22 heavy (non-hydrogen) atoms. The Morgan fingerprint density at radius 3 is 2.36 bits per heavy atom. The summed E-state index contributed by atoms with van der Waals surface area (Å²) < 4.78 is 0. The molecule has 3 nitrogen and oxygen atoms in total. The van der Waals surface area contributed by atoms with Crippen LogP contribution in [-0.4, -0.2) is 19.6 Å². The molecule has 0 aromatic heterocycles. The quantitative estimate of drug-likeness (QED) is 0.695. The van der Waals surface area contributed by atoms with Crippen LogP contribution in [0.1, 0.15) is 54.4 Å². The summed E-state index contributed by atoms with van der Waals surface area (Å²) in [6.07, 6.45) is 9.29. The van der Waals surface area contributed by atoms with Crippen molar-refractivity contribution in [1.82, 2.24) is 5.32 Å². The van der Waals surface area contributed by atoms with E-state index in [9.17, 15) is 0 Å². The van der Waals surface area contributed by atoms with E-state index in [1.54, 1.807) is 0 Å². The van der Waals surface area contributed by atoms with Crippen molar-refractivity contribution in [3.63, 3.8) is 0 Å². The molecular weight excluding hydrogens is 270 g/mol. The first-order valence-electron chi connectivity index (χ1n) is 8.52. The molecule has 0 aromatic rings. The summed E-state index contributed by atoms with van der Waals surface area (Å²) in [5.74, 6) is 0.764. The summed E-state index contributed by atoms with van der Waals surface area (Å²) in [4.78, 5) is 0. The van der Waals surface area contributed by atoms with Gasteiger partial charge in [-0.3, -0.25) is 0 Å². The predicted molar refractivity (Wildman–Crippen MR) is 102 cm³/mol. The first-order valence-corrected chi connectivity index (χ1v) is 8.52. The van der Waals surface area contributed by atoms with Gasteiger partial charge in [0.1, 0.15) is 0 Å². The second-order valence-corrected chi connectivity index (χ2v) is 6.33. The van der Waals surface area contributed by atoms with Gasteiger partial charge in [0.2, 0.25) is 0 Å². The SMILES string of the molecule is C=C(N)CNCC(C)(C)CN.CC.CCC1=CCC(C)C=C1. The maximum absolute atomic E-state index is 5.53. The van der Waals surface area contributed by atoms with Gasteiger partial charge in [-0.25, -0.2) is 0 Å². The fraction of sp³-hybridized carbons (Fsp3) is 0.684. The topological polar surface area (TPSA) is 64.1 Å². The maximum atomic E-state index is 5.53. The minimum absolute atomic E-state index is 0.148. The summed E-state index contributed by atoms with van der Waals surface area (Å²) in [5.41, 5.74) is 13.2. The van der Waals surface area contributed by atoms with E-state index >= 15 is 0 Å². The van der Waals surface area contributed by atoms with E-state index in [4.69, 9.17) is 11.5 Å². The monoisotopic (exact) mass is 309 g/mol. The Kier molecular flexibility index (Phi) is 14.3. The van der Waals surface area contributed by atoms with E-state index in [0.29, 0.717) is 18.8 Å². The number of allylic oxidation sites excluding steroid dienone is 4. The molecule has 1 rings (SSSR count). The van der Waals surface area contributed by atoms with Crippen LogP contribution < -0.4 is 16.8 Å². The third kappa shape index (κ3) is 13.9. The average Bonchev–Trinajstić information content (AvgIpc) is 2.50. The Hall–Kier alpha value is -1.06. The van der Waals surface area contributed by atoms with Crippen molar-refractivity contribution in [2.75, 3.05) is 19.6 Å². The van der Waals surface area contributed by atoms with E-state index in [1.807, 2.05) is 13.8 Å². The predicted octanol–water partition coefficient (Wildman–Crippen LogP) is 3.98. The number of hydrogen-bond donors (Lipinski definition) is 3. The largest absolute Gasteiger partial charge is 0.401 e. The van der Waals surface area contributed by atoms with Crippen molar-refractivity contribution in [2.45, 2.75) is 54.4 Å². The molecule has 1 unspecified atom stereocenters. The van der Waals surface area contributed by atoms with Crippen LogP contribution in [0.5, 0.6) is 0 Å². The van der Waals surface area contributed by atoms with Crippen LogP contribution in [0.3, 0.4) is 0 Å². The van der Waals surface area contributed by atoms with Gasteiger partial charge in [-0.05, 0) is 30.7 Å². The molecule has 0 heterocycles. The van der Waals surface area contributed by atoms with Crippen LogP contribution in [-0.2, 0) is 0 Å². The molecule has 5 N–H and O–H groups in total. The van der Waals surface area contributed by atoms with Crippen molar-refractivity contribution >= 4 is 0 Å². The fourth-order valence-corrected chi connectivity index (χ4v) is 1.67. The van der Waals surface area contributed by atoms with Gasteiger partial charge in [0.05, 0.1) is 0 Å². The molecule has 0 amide bonds. The third-order valence-corrected chi connectivity index (χ3v) is 3.31. The lowest BCUT2D eigenvalue weighted by atomic mass is 9.94. The van der Waals surface area contributed by atoms with Crippen LogP contribution in [0.15, 0.2) is 36.1 Å². The first kappa shape index (κ1) is 23.2. The Bertz CT molecular complexity index is 341. The van der Waals surface area contributed by atoms with Gasteiger partial charge in [-0.15, -0.1) is 0 Å². The lowest BCUT2D eigenvalue weighted by molar-refractivity contribution is 0.357. The van der Waals surface area contributed by atoms with Crippen molar-refractivity contribution in [2.24, 2.45) is 22.8 Å². The number of nitrogens with one attached hydrogen (secondary N) is 1. The van der Waals surface area contributed by atoms with Crippen molar-refractivity contribution in [1.29, 1.82) is 0 Å². The fourth-order valence-electron chi connectivity index (χ4n) is 1.67. The summed E-state index contributed by atoms with van der Waals surface area (Å²) in [7, 11) is 0. The smallest absolute Gasteiger partial charge is 0.0346 e. The zero-order valence-electron chi connectivity index (χ0n) is 15.7. The zero-order chi connectivity index (χ0) is 17.6. The van der Waals surface area contributed by atoms with E-state index in [2.05, 4.69) is 57.8 Å². The molecule has 130 valence electrons. The molecule has 3 heteroatoms. The minimum atomic E-state index is 0.148. The van der Waals surface area contributed by atoms with E-state index in [0.717, 1.165) is 12.5 Å². The molecule has 1 aliphatic rings. The maximum Gasteiger partial charge on any atom is 0.0346 e. The molecule has 0 bridgehead atoms. The molecular formula is C19H39N3. The van der Waals surface area contributed by atoms with Gasteiger partial charge in [-0.2, -0.15) is 0 Å². The zero-order valence-corrected chi connectivity index (χ0v) is 15.7. The highest BCUT2D eigenvalue weighted by molar-refractivity contribution is 5.22. The van der Waals surface area contributed by atoms with Crippen LogP contribution in [0.25, 0.3) is 0 Å². The van der Waals surface area contributed by atoms with Crippen LogP contribution in [0, 0.1) is 11.3 Å². The highest BCUT2D eigenvalue weighted by Gasteiger charge is 2.13. The van der Waals surface area contributed by atoms with E-state index in [-0.39, 0.29) is 5.41 Å². The van der Waals surface area contributed by atoms with Gasteiger partial charge < -0.3 is 16.8 Å². The Labute approximate surface area is 138 Å². The molecule has 0 aliphatic heterocycles. The molecule has 0 fully saturated rings. The van der Waals surface area contributed by atoms with Gasteiger partial charge in [0.25, 0.3) is 0 Å². The third-order valence-electron chi connectivity index (χ3n) is 3.31. The van der Waals surface area contributed by atoms with Gasteiger partial charge in [-0.1, -0.05) is 71.9 Å². The van der Waals surface area contributed by atoms with Crippen LogP contribution in [0.4, 0.5) is 0 Å². The standard InChI is InChI=1S/C9H14.C8H19N3.C2H6/c1-3-9-6-4-8(2)5-7-9;1-7(10)4-11-6-8(2,3)5-9;1-2/h4,6-8H,3,5H2,1-2H3;11H,1,4-6,9-10H2,2-3H3;1-2H3. The Balaban J connectivity index is 0. The average molecular weight is 310 g/mol. The molecule has 1 aliphatic carbocycles. The van der Waals surface area contributed by atoms with Crippen molar-refractivity contribution < 1.29 is 0 Å². The molecule has 0 saturated carbocycles. The molecule has 0 aromatic carbocycles. The van der Waals surface area contributed by atoms with Crippen molar-refractivity contribution in [3.05, 3.63) is 36.1 Å². The number of rotatable bonds is 6. The number of hydrogen-bond acceptors (Lipinski definition) is 3. The first-order chi connectivity index (χ1) is 10.3. The lowest BCUT2D eigenvalue weighted by Gasteiger charge is -2.22. The summed E-state index contributed by atoms with van der Waals surface area (Å²) in [6, 6.07) is 0. The van der Waals surface area contributed by atoms with Gasteiger partial charge >= 0.3 is 0 Å². The van der Waals surface area contributed by atoms with E-state index < -0.39 is 0 Å². The van der Waals surface area contributed by atoms with Gasteiger partial charge in [0, 0.05) is 18.8 Å². The second-order valence-electron chi connectivity index (χ2n) is 6.33. The van der Waals surface area contributed by atoms with Crippen molar-refractivity contribution in [3.8, 4) is 0 Å². The molecule has 1 atom stereocenters. The second kappa shape index (κ2) is 13.6. The molecule has 0 spiro atoms. The van der Waals surface area contributed by atoms with Crippen LogP contribution in [0.2, 0.25) is 0 Å². The molecule has 0 saturated heterocycles. The normalized spacial score (nSPS) is 16.7. The van der Waals surface area contributed by atoms with E-state index in [1.165, 1.54) is 18.4 Å². The van der Waals surface area contributed by atoms with Crippen LogP contribution >= 0.6 is 0 Å². The summed E-state index contributed by atoms with van der Waals surface area (Å²) >= 11 is 0. The highest BCUT2D eigenvalue weighted by Crippen LogP contribution is 2.16. The summed E-state index contributed by atoms with van der Waals surface area (Å²) in [6.45, 7) is 18.5. The Morgan fingerprint density at radius 2 is 2.00 bits per heavy atom. The lowest BCUT2D eigenvalue weighted by Crippen LogP contribution is -2.36. The Morgan fingerprint density at radius 1 is 1.41 bits per heavy atom. The summed E-state index contributed by atoms with van der Waals surface area (Å²) in [5, 5.41) is 3.17. The minimum Gasteiger partial charge on any atom is -0.401 e. The molecule has 0 radical (unpaired) electrons. The highest BCUT2D eigenvalue weighted by atomic mass is 14.9. The number of nitrogens with two attached hydrogens (primary N) is 2. The van der Waals surface area contributed by atoms with Gasteiger partial charge in [0.15, 0.2) is 0 Å².